The van der Waals surface area contributed by atoms with Gasteiger partial charge < -0.3 is 24.8 Å². The zero-order chi connectivity index (χ0) is 43.8. The van der Waals surface area contributed by atoms with E-state index in [1.807, 2.05) is 0 Å². The van der Waals surface area contributed by atoms with Crippen LogP contribution in [0.25, 0.3) is 43.8 Å². The predicted octanol–water partition coefficient (Wildman–Crippen LogP) is 12.5. The van der Waals surface area contributed by atoms with E-state index in [1.54, 1.807) is 34.5 Å². The van der Waals surface area contributed by atoms with Crippen molar-refractivity contribution in [2.75, 3.05) is 0 Å². The van der Waals surface area contributed by atoms with E-state index < -0.39 is 0 Å². The van der Waals surface area contributed by atoms with Gasteiger partial charge in [-0.05, 0) is 97.3 Å². The third kappa shape index (κ3) is 15.4. The maximum absolute atomic E-state index is 2.51. The van der Waals surface area contributed by atoms with Gasteiger partial charge in [-0.1, -0.05) is 177 Å². The number of hydrogen-bond acceptors (Lipinski definition) is 0. The van der Waals surface area contributed by atoms with Gasteiger partial charge in [0.1, 0.15) is 0 Å². The third-order valence-corrected chi connectivity index (χ3v) is 14.5. The van der Waals surface area contributed by atoms with Crippen molar-refractivity contribution in [2.45, 2.75) is 182 Å². The quantitative estimate of drug-likeness (QED) is 0.0847. The summed E-state index contributed by atoms with van der Waals surface area (Å²) in [5, 5.41) is 5.69. The topological polar surface area (TPSA) is 0 Å². The fourth-order valence-corrected chi connectivity index (χ4v) is 11.4. The Bertz CT molecular complexity index is 2080. The smallest absolute Gasteiger partial charge is 1.00 e. The van der Waals surface area contributed by atoms with E-state index in [0.717, 1.165) is 12.8 Å². The Morgan fingerprint density at radius 1 is 0.484 bits per heavy atom. The molecule has 0 saturated heterocycles. The Hall–Kier alpha value is -2.22. The van der Waals surface area contributed by atoms with Crippen LogP contribution in [0.5, 0.6) is 0 Å². The molecule has 64 heavy (non-hydrogen) atoms. The van der Waals surface area contributed by atoms with Gasteiger partial charge in [0.15, 0.2) is 0 Å². The first-order chi connectivity index (χ1) is 30.2. The fraction of sp³-hybridized carbons (Fsp3) is 0.500. The predicted molar refractivity (Wildman–Crippen MR) is 273 cm³/mol. The Morgan fingerprint density at radius 2 is 0.812 bits per heavy atom. The summed E-state index contributed by atoms with van der Waals surface area (Å²) in [6.07, 6.45) is 30.2. The minimum atomic E-state index is 0. The Labute approximate surface area is 418 Å². The van der Waals surface area contributed by atoms with Crippen LogP contribution in [0.2, 0.25) is 13.1 Å². The average molecular weight is 992 g/mol. The molecule has 0 atom stereocenters. The minimum Gasteiger partial charge on any atom is -1.00 e. The van der Waals surface area contributed by atoms with E-state index in [-0.39, 0.29) is 30.2 Å². The van der Waals surface area contributed by atoms with Crippen LogP contribution in [-0.2, 0) is 49.0 Å². The zero-order valence-electron chi connectivity index (χ0n) is 40.7. The first kappa shape index (κ1) is 54.4. The number of aryl methyl sites for hydroxylation is 2. The van der Waals surface area contributed by atoms with Crippen molar-refractivity contribution in [1.82, 2.24) is 0 Å². The second-order valence-corrected chi connectivity index (χ2v) is 29.2. The number of rotatable bonds is 12. The zero-order valence-corrected chi connectivity index (χ0v) is 45.7. The number of fused-ring (bicyclic) bond motifs is 2. The molecule has 0 spiro atoms. The van der Waals surface area contributed by atoms with E-state index in [2.05, 4.69) is 150 Å². The summed E-state index contributed by atoms with van der Waals surface area (Å²) >= 11 is 1.74. The maximum atomic E-state index is 2.51. The molecule has 0 nitrogen and oxygen atoms in total. The van der Waals surface area contributed by atoms with E-state index in [4.69, 9.17) is 0 Å². The van der Waals surface area contributed by atoms with Gasteiger partial charge in [-0.25, -0.2) is 0 Å². The van der Waals surface area contributed by atoms with Crippen molar-refractivity contribution in [3.63, 3.8) is 0 Å². The normalized spacial score (nSPS) is 16.0. The van der Waals surface area contributed by atoms with Crippen LogP contribution in [0.3, 0.4) is 0 Å². The maximum Gasteiger partial charge on any atom is -1.00 e. The van der Waals surface area contributed by atoms with Gasteiger partial charge in [0, 0.05) is 0 Å². The largest absolute Gasteiger partial charge is 1.00 e. The van der Waals surface area contributed by atoms with Crippen molar-refractivity contribution >= 4 is 27.0 Å². The molecule has 2 aliphatic carbocycles. The molecular weight excluding hydrogens is 911 g/mol. The molecule has 0 aromatic heterocycles. The van der Waals surface area contributed by atoms with E-state index in [0.29, 0.717) is 10.8 Å². The van der Waals surface area contributed by atoms with E-state index in [1.165, 1.54) is 183 Å². The van der Waals surface area contributed by atoms with Gasteiger partial charge in [0.05, 0.1) is 0 Å². The van der Waals surface area contributed by atoms with Crippen LogP contribution in [-0.4, -0.2) is 5.43 Å². The molecule has 344 valence electrons. The van der Waals surface area contributed by atoms with Crippen LogP contribution < -0.4 is 24.8 Å². The summed E-state index contributed by atoms with van der Waals surface area (Å²) in [6, 6.07) is 41.9. The van der Waals surface area contributed by atoms with E-state index >= 15 is 0 Å². The van der Waals surface area contributed by atoms with Gasteiger partial charge in [-0.15, -0.1) is 69.1 Å². The molecule has 2 saturated carbocycles. The molecule has 0 amide bonds. The molecule has 0 unspecified atom stereocenters. The molecule has 0 N–H and O–H groups in total. The van der Waals surface area contributed by atoms with Crippen LogP contribution >= 0.6 is 0 Å². The Balaban J connectivity index is 0.000000252. The molecule has 0 aliphatic heterocycles. The first-order valence-corrected chi connectivity index (χ1v) is 31.4. The second-order valence-electron chi connectivity index (χ2n) is 19.8. The monoisotopic (exact) mass is 988 g/mol. The van der Waals surface area contributed by atoms with E-state index in [9.17, 15) is 0 Å². The molecule has 4 heteroatoms. The van der Waals surface area contributed by atoms with Crippen molar-refractivity contribution in [1.29, 1.82) is 0 Å². The van der Waals surface area contributed by atoms with Crippen molar-refractivity contribution in [3.05, 3.63) is 131 Å². The molecule has 0 bridgehead atoms. The minimum absolute atomic E-state index is 0. The van der Waals surface area contributed by atoms with Gasteiger partial charge >= 0.3 is 41.9 Å². The van der Waals surface area contributed by atoms with Crippen molar-refractivity contribution in [2.24, 2.45) is 10.8 Å². The molecule has 8 rings (SSSR count). The number of hydrogen-bond donors (Lipinski definition) is 0. The van der Waals surface area contributed by atoms with Gasteiger partial charge in [-0.2, -0.15) is 12.1 Å². The summed E-state index contributed by atoms with van der Waals surface area (Å²) in [6.45, 7) is 13.8. The fourth-order valence-electron chi connectivity index (χ4n) is 11.4. The summed E-state index contributed by atoms with van der Waals surface area (Å²) in [7, 11) is 0. The molecule has 6 aromatic carbocycles. The van der Waals surface area contributed by atoms with Gasteiger partial charge in [0.2, 0.25) is 0 Å². The average Bonchev–Trinajstić information content (AvgIpc) is 3.87. The number of benzene rings is 4. The van der Waals surface area contributed by atoms with Gasteiger partial charge in [-0.3, -0.25) is 0 Å². The summed E-state index contributed by atoms with van der Waals surface area (Å²) in [5.41, 5.74) is 12.7. The molecule has 6 aromatic rings. The van der Waals surface area contributed by atoms with Crippen LogP contribution in [0, 0.1) is 10.8 Å². The van der Waals surface area contributed by atoms with Crippen LogP contribution in [0.4, 0.5) is 0 Å². The SMILES string of the molecule is CCCC1(Cc2cc3c(-c4ccc(CC)cc4)cccc3[cH-]2)CCCCCCC1.CCCC1(Cc2cc3c(-c4ccc(CC)cc4)cccc3[cH-]2)CCCCCCC1.C[Si](C)=[Zr+2].[Cl-].[Cl-]. The first-order valence-electron chi connectivity index (χ1n) is 25.3. The summed E-state index contributed by atoms with van der Waals surface area (Å²) in [5.74, 6) is 0. The summed E-state index contributed by atoms with van der Waals surface area (Å²) in [4.78, 5) is 0. The molecule has 0 heterocycles. The van der Waals surface area contributed by atoms with Crippen LogP contribution in [0.15, 0.2) is 109 Å². The molecular formula is C60H80Cl2SiZr-2. The molecule has 0 radical (unpaired) electrons. The number of halogens is 2. The van der Waals surface area contributed by atoms with Crippen molar-refractivity contribution < 1.29 is 48.1 Å². The second kappa shape index (κ2) is 27.6. The van der Waals surface area contributed by atoms with Crippen molar-refractivity contribution in [3.8, 4) is 22.3 Å². The van der Waals surface area contributed by atoms with Gasteiger partial charge in [0.25, 0.3) is 0 Å². The third-order valence-electron chi connectivity index (χ3n) is 14.5. The van der Waals surface area contributed by atoms with Crippen LogP contribution in [0.1, 0.15) is 166 Å². The molecule has 2 aliphatic rings. The molecule has 2 fully saturated rings. The Morgan fingerprint density at radius 3 is 1.12 bits per heavy atom. The standard InChI is InChI=1S/2C29H37.C2H6Si.2ClH.Zr/c2*1-3-17-29(18-8-6-5-7-9-19-29)22-24-20-26-11-10-12-27(28(26)21-24)25-15-13-23(4-2)14-16-25;1-3-2;;;/h2*10-16,20-21H,3-9,17-19,22H2,1-2H3;1-2H3;2*1H;/q2*-1;;;;+2/p-2. The Kier molecular flexibility index (Phi) is 23.4. The summed E-state index contributed by atoms with van der Waals surface area (Å²) < 4.78 is 0.